The summed E-state index contributed by atoms with van der Waals surface area (Å²) < 4.78 is 19.2. The molecule has 0 spiro atoms. The number of rotatable bonds is 1. The highest BCUT2D eigenvalue weighted by molar-refractivity contribution is 5.86. The predicted molar refractivity (Wildman–Crippen MR) is 112 cm³/mol. The fraction of sp³-hybridized carbons (Fsp3) is 0.217. The summed E-state index contributed by atoms with van der Waals surface area (Å²) in [5.41, 5.74) is 1.24. The first-order chi connectivity index (χ1) is 14.9. The highest BCUT2D eigenvalue weighted by Crippen LogP contribution is 2.48. The molecule has 0 bridgehead atoms. The molecule has 8 nitrogen and oxygen atoms in total. The van der Waals surface area contributed by atoms with E-state index in [9.17, 15) is 4.79 Å². The molecule has 0 saturated carbocycles. The van der Waals surface area contributed by atoms with Crippen LogP contribution < -0.4 is 10.4 Å². The maximum atomic E-state index is 13.1. The zero-order chi connectivity index (χ0) is 21.3. The van der Waals surface area contributed by atoms with Crippen LogP contribution in [0.1, 0.15) is 49.4 Å². The lowest BCUT2D eigenvalue weighted by atomic mass is 9.88. The smallest absolute Gasteiger partial charge is 0.344 e. The second-order valence-electron chi connectivity index (χ2n) is 8.60. The van der Waals surface area contributed by atoms with Crippen LogP contribution in [0, 0.1) is 0 Å². The summed E-state index contributed by atoms with van der Waals surface area (Å²) in [7, 11) is 0. The zero-order valence-corrected chi connectivity index (χ0v) is 17.1. The molecule has 1 aliphatic rings. The van der Waals surface area contributed by atoms with E-state index in [1.54, 1.807) is 29.2 Å². The Hall–Kier alpha value is -3.94. The lowest BCUT2D eigenvalue weighted by molar-refractivity contribution is 0.406. The van der Waals surface area contributed by atoms with Crippen LogP contribution >= 0.6 is 0 Å². The molecule has 154 valence electrons. The predicted octanol–water partition coefficient (Wildman–Crippen LogP) is 4.41. The first-order valence-electron chi connectivity index (χ1n) is 9.94. The molecule has 4 aromatic heterocycles. The minimum Gasteiger partial charge on any atom is -0.468 e. The highest BCUT2D eigenvalue weighted by atomic mass is 16.5. The van der Waals surface area contributed by atoms with Crippen molar-refractivity contribution in [3.05, 3.63) is 82.1 Å². The Balaban J connectivity index is 1.72. The summed E-state index contributed by atoms with van der Waals surface area (Å²) in [5, 5.41) is 5.28. The van der Waals surface area contributed by atoms with Crippen molar-refractivity contribution in [2.45, 2.75) is 32.1 Å². The second-order valence-corrected chi connectivity index (χ2v) is 8.60. The van der Waals surface area contributed by atoms with Gasteiger partial charge in [-0.25, -0.2) is 19.3 Å². The summed E-state index contributed by atoms with van der Waals surface area (Å²) in [6.45, 7) is 6.12. The number of aromatic nitrogens is 4. The van der Waals surface area contributed by atoms with Crippen molar-refractivity contribution in [2.24, 2.45) is 0 Å². The van der Waals surface area contributed by atoms with Crippen LogP contribution in [0.25, 0.3) is 16.6 Å². The van der Waals surface area contributed by atoms with Gasteiger partial charge in [0.05, 0.1) is 28.7 Å². The Morgan fingerprint density at radius 3 is 2.68 bits per heavy atom. The molecule has 31 heavy (non-hydrogen) atoms. The van der Waals surface area contributed by atoms with Crippen molar-refractivity contribution >= 4 is 16.6 Å². The molecular weight excluding hydrogens is 396 g/mol. The average Bonchev–Trinajstić information content (AvgIpc) is 3.42. The van der Waals surface area contributed by atoms with E-state index < -0.39 is 11.5 Å². The van der Waals surface area contributed by atoms with E-state index in [0.717, 1.165) is 0 Å². The van der Waals surface area contributed by atoms with E-state index in [1.807, 2.05) is 45.0 Å². The van der Waals surface area contributed by atoms with Crippen LogP contribution in [-0.4, -0.2) is 19.6 Å². The van der Waals surface area contributed by atoms with Crippen LogP contribution in [0.4, 0.5) is 0 Å². The average molecular weight is 414 g/mol. The summed E-state index contributed by atoms with van der Waals surface area (Å²) in [4.78, 5) is 22.4. The summed E-state index contributed by atoms with van der Waals surface area (Å²) in [6, 6.07) is 10.9. The van der Waals surface area contributed by atoms with Crippen LogP contribution in [-0.2, 0) is 5.41 Å². The van der Waals surface area contributed by atoms with Gasteiger partial charge < -0.3 is 13.6 Å². The molecule has 6 rings (SSSR count). The van der Waals surface area contributed by atoms with Crippen LogP contribution in [0.3, 0.4) is 0 Å². The molecule has 0 N–H and O–H groups in total. The molecule has 0 saturated heterocycles. The Morgan fingerprint density at radius 2 is 1.90 bits per heavy atom. The third-order valence-corrected chi connectivity index (χ3v) is 5.46. The van der Waals surface area contributed by atoms with Gasteiger partial charge >= 0.3 is 5.63 Å². The van der Waals surface area contributed by atoms with Gasteiger partial charge in [0, 0.05) is 5.41 Å². The molecule has 5 heterocycles. The molecule has 1 aromatic carbocycles. The summed E-state index contributed by atoms with van der Waals surface area (Å²) in [6.07, 6.45) is 3.15. The quantitative estimate of drug-likeness (QED) is 0.368. The monoisotopic (exact) mass is 414 g/mol. The highest BCUT2D eigenvalue weighted by Gasteiger charge is 2.39. The first-order valence-corrected chi connectivity index (χ1v) is 9.94. The first kappa shape index (κ1) is 17.9. The van der Waals surface area contributed by atoms with E-state index in [2.05, 4.69) is 10.1 Å². The Morgan fingerprint density at radius 1 is 1.06 bits per heavy atom. The van der Waals surface area contributed by atoms with E-state index >= 15 is 0 Å². The van der Waals surface area contributed by atoms with Crippen molar-refractivity contribution in [3.8, 4) is 11.6 Å². The molecule has 0 aliphatic carbocycles. The fourth-order valence-corrected chi connectivity index (χ4v) is 3.99. The molecule has 0 amide bonds. The second kappa shape index (κ2) is 6.04. The zero-order valence-electron chi connectivity index (χ0n) is 17.1. The molecule has 0 radical (unpaired) electrons. The Bertz CT molecular complexity index is 1520. The molecule has 1 aliphatic heterocycles. The van der Waals surface area contributed by atoms with Gasteiger partial charge in [-0.2, -0.15) is 0 Å². The normalized spacial score (nSPS) is 15.6. The maximum Gasteiger partial charge on any atom is 0.344 e. The Labute approximate surface area is 176 Å². The van der Waals surface area contributed by atoms with Gasteiger partial charge in [-0.1, -0.05) is 32.9 Å². The number of furan rings is 1. The number of benzene rings is 1. The van der Waals surface area contributed by atoms with Gasteiger partial charge in [-0.05, 0) is 24.3 Å². The maximum absolute atomic E-state index is 13.1. The van der Waals surface area contributed by atoms with Gasteiger partial charge in [0.2, 0.25) is 5.88 Å². The molecular formula is C23H18N4O4. The third kappa shape index (κ3) is 2.54. The van der Waals surface area contributed by atoms with Crippen LogP contribution in [0.2, 0.25) is 0 Å². The van der Waals surface area contributed by atoms with Gasteiger partial charge in [0.25, 0.3) is 0 Å². The largest absolute Gasteiger partial charge is 0.468 e. The molecule has 1 unspecified atom stereocenters. The summed E-state index contributed by atoms with van der Waals surface area (Å²) in [5.74, 6) is 1.43. The van der Waals surface area contributed by atoms with E-state index in [1.165, 1.54) is 0 Å². The van der Waals surface area contributed by atoms with Gasteiger partial charge in [0.1, 0.15) is 17.7 Å². The van der Waals surface area contributed by atoms with Gasteiger partial charge in [-0.15, -0.1) is 5.10 Å². The Kier molecular flexibility index (Phi) is 3.48. The number of hydrogen-bond acceptors (Lipinski definition) is 7. The molecule has 0 fully saturated rings. The number of fused-ring (bicyclic) bond motifs is 6. The SMILES string of the molecule is CC(C)(C)c1nc2c3c(ncn2n1)Oc1c(c(=O)oc2ccccc12)C3c1ccco1. The lowest BCUT2D eigenvalue weighted by Gasteiger charge is -2.25. The fourth-order valence-electron chi connectivity index (χ4n) is 3.99. The lowest BCUT2D eigenvalue weighted by Crippen LogP contribution is -2.22. The van der Waals surface area contributed by atoms with Crippen molar-refractivity contribution < 1.29 is 13.6 Å². The van der Waals surface area contributed by atoms with Crippen molar-refractivity contribution in [1.82, 2.24) is 19.6 Å². The number of hydrogen-bond donors (Lipinski definition) is 0. The van der Waals surface area contributed by atoms with Crippen molar-refractivity contribution in [1.29, 1.82) is 0 Å². The van der Waals surface area contributed by atoms with Crippen molar-refractivity contribution in [3.63, 3.8) is 0 Å². The molecule has 5 aromatic rings. The third-order valence-electron chi connectivity index (χ3n) is 5.46. The summed E-state index contributed by atoms with van der Waals surface area (Å²) >= 11 is 0. The molecule has 1 atom stereocenters. The number of nitrogens with zero attached hydrogens (tertiary/aromatic N) is 4. The topological polar surface area (TPSA) is 95.7 Å². The van der Waals surface area contributed by atoms with E-state index in [-0.39, 0.29) is 5.41 Å². The molecule has 8 heteroatoms. The minimum absolute atomic E-state index is 0.262. The van der Waals surface area contributed by atoms with Gasteiger partial charge in [0.15, 0.2) is 17.2 Å². The van der Waals surface area contributed by atoms with Crippen molar-refractivity contribution in [2.75, 3.05) is 0 Å². The van der Waals surface area contributed by atoms with E-state index in [4.69, 9.17) is 18.6 Å². The van der Waals surface area contributed by atoms with Crippen LogP contribution in [0.15, 0.2) is 62.6 Å². The van der Waals surface area contributed by atoms with Crippen LogP contribution in [0.5, 0.6) is 11.6 Å². The van der Waals surface area contributed by atoms with E-state index in [0.29, 0.717) is 51.0 Å². The standard InChI is InChI=1S/C23H18N4O4/c1-23(2,3)22-25-19-17-15(14-9-6-10-29-14)16-18(31-20(17)24-11-27(19)26-22)12-7-4-5-8-13(12)30-21(16)28/h4-11,15H,1-3H3. The number of ether oxygens (including phenoxy) is 1. The van der Waals surface area contributed by atoms with Gasteiger partial charge in [-0.3, -0.25) is 0 Å². The minimum atomic E-state index is -0.595. The number of para-hydroxylation sites is 1.